The van der Waals surface area contributed by atoms with Crippen molar-refractivity contribution in [3.63, 3.8) is 0 Å². The Morgan fingerprint density at radius 1 is 0.667 bits per heavy atom. The molecule has 0 fully saturated rings. The third kappa shape index (κ3) is 8.71. The summed E-state index contributed by atoms with van der Waals surface area (Å²) in [4.78, 5) is 23.3. The summed E-state index contributed by atoms with van der Waals surface area (Å²) in [6.07, 6.45) is -2.06. The van der Waals surface area contributed by atoms with Crippen molar-refractivity contribution in [2.24, 2.45) is 0 Å². The molecule has 2 rings (SSSR count). The molecule has 0 saturated heterocycles. The normalized spacial score (nSPS) is 12.7. The Morgan fingerprint density at radius 2 is 1.03 bits per heavy atom. The Hall–Kier alpha value is -2.78. The van der Waals surface area contributed by atoms with E-state index in [1.807, 2.05) is 60.7 Å². The van der Waals surface area contributed by atoms with Crippen LogP contribution >= 0.6 is 0 Å². The standard InChI is InChI=1S/C22H26O8/c23-11-21(25)29-19(15-27-13-17-7-3-1-4-8-17)20(30-22(26)12-24)16-28-14-18-9-5-2-6-10-18/h1-10,19-20,23-24H,11-16H2/t19-,20-/m0/s1. The van der Waals surface area contributed by atoms with Gasteiger partial charge in [-0.3, -0.25) is 0 Å². The van der Waals surface area contributed by atoms with Crippen molar-refractivity contribution < 1.29 is 38.7 Å². The zero-order valence-corrected chi connectivity index (χ0v) is 16.5. The van der Waals surface area contributed by atoms with E-state index in [2.05, 4.69) is 0 Å². The van der Waals surface area contributed by atoms with Gasteiger partial charge in [-0.15, -0.1) is 0 Å². The molecule has 0 spiro atoms. The summed E-state index contributed by atoms with van der Waals surface area (Å²) in [5.74, 6) is -1.78. The first-order chi connectivity index (χ1) is 14.6. The Balaban J connectivity index is 2.00. The fourth-order valence-corrected chi connectivity index (χ4v) is 2.58. The van der Waals surface area contributed by atoms with Crippen LogP contribution in [0.3, 0.4) is 0 Å². The molecule has 0 bridgehead atoms. The minimum Gasteiger partial charge on any atom is -0.454 e. The summed E-state index contributed by atoms with van der Waals surface area (Å²) in [6.45, 7) is -1.36. The van der Waals surface area contributed by atoms with Gasteiger partial charge in [0, 0.05) is 0 Å². The molecule has 0 amide bonds. The van der Waals surface area contributed by atoms with Crippen molar-refractivity contribution in [3.8, 4) is 0 Å². The molecule has 2 atom stereocenters. The molecule has 2 N–H and O–H groups in total. The SMILES string of the molecule is O=C(CO)O[C@@H](COCc1ccccc1)[C@H](COCc1ccccc1)OC(=O)CO. The highest BCUT2D eigenvalue weighted by atomic mass is 16.6. The molecule has 162 valence electrons. The number of carbonyl (C=O) groups excluding carboxylic acids is 2. The van der Waals surface area contributed by atoms with Crippen LogP contribution in [0, 0.1) is 0 Å². The summed E-state index contributed by atoms with van der Waals surface area (Å²) in [7, 11) is 0. The highest BCUT2D eigenvalue weighted by Crippen LogP contribution is 2.11. The fourth-order valence-electron chi connectivity index (χ4n) is 2.58. The minimum atomic E-state index is -1.03. The lowest BCUT2D eigenvalue weighted by Crippen LogP contribution is -2.42. The van der Waals surface area contributed by atoms with Crippen molar-refractivity contribution in [2.45, 2.75) is 25.4 Å². The first-order valence-corrected chi connectivity index (χ1v) is 9.46. The second-order valence-electron chi connectivity index (χ2n) is 6.37. The summed E-state index contributed by atoms with van der Waals surface area (Å²) < 4.78 is 21.6. The van der Waals surface area contributed by atoms with Gasteiger partial charge in [-0.25, -0.2) is 9.59 Å². The zero-order valence-electron chi connectivity index (χ0n) is 16.5. The highest BCUT2D eigenvalue weighted by molar-refractivity contribution is 5.71. The molecule has 0 saturated carbocycles. The molecule has 30 heavy (non-hydrogen) atoms. The Kier molecular flexibility index (Phi) is 10.5. The van der Waals surface area contributed by atoms with Crippen LogP contribution in [-0.4, -0.2) is 60.8 Å². The number of ether oxygens (including phenoxy) is 4. The lowest BCUT2D eigenvalue weighted by molar-refractivity contribution is -0.182. The Labute approximate surface area is 175 Å². The summed E-state index contributed by atoms with van der Waals surface area (Å²) in [5, 5.41) is 18.1. The van der Waals surface area contributed by atoms with Crippen molar-refractivity contribution >= 4 is 11.9 Å². The average Bonchev–Trinajstić information content (AvgIpc) is 2.79. The monoisotopic (exact) mass is 418 g/mol. The van der Waals surface area contributed by atoms with Gasteiger partial charge < -0.3 is 29.2 Å². The lowest BCUT2D eigenvalue weighted by Gasteiger charge is -2.26. The van der Waals surface area contributed by atoms with Crippen molar-refractivity contribution in [1.29, 1.82) is 0 Å². The fraction of sp³-hybridized carbons (Fsp3) is 0.364. The number of hydrogen-bond acceptors (Lipinski definition) is 8. The number of benzene rings is 2. The van der Waals surface area contributed by atoms with Gasteiger partial charge in [0.2, 0.25) is 0 Å². The topological polar surface area (TPSA) is 112 Å². The van der Waals surface area contributed by atoms with E-state index < -0.39 is 37.4 Å². The van der Waals surface area contributed by atoms with Crippen LogP contribution < -0.4 is 0 Å². The molecular formula is C22H26O8. The van der Waals surface area contributed by atoms with Gasteiger partial charge in [0.15, 0.2) is 12.2 Å². The minimum absolute atomic E-state index is 0.0985. The number of rotatable bonds is 13. The zero-order chi connectivity index (χ0) is 21.6. The summed E-state index contributed by atoms with van der Waals surface area (Å²) >= 11 is 0. The van der Waals surface area contributed by atoms with E-state index in [1.165, 1.54) is 0 Å². The molecule has 2 aromatic rings. The van der Waals surface area contributed by atoms with Crippen LogP contribution in [0.25, 0.3) is 0 Å². The first-order valence-electron chi connectivity index (χ1n) is 9.46. The first kappa shape index (κ1) is 23.5. The predicted molar refractivity (Wildman–Crippen MR) is 106 cm³/mol. The average molecular weight is 418 g/mol. The molecule has 2 aromatic carbocycles. The molecule has 0 aliphatic rings. The molecule has 0 aliphatic heterocycles. The van der Waals surface area contributed by atoms with Crippen LogP contribution in [0.1, 0.15) is 11.1 Å². The van der Waals surface area contributed by atoms with E-state index in [-0.39, 0.29) is 26.4 Å². The number of hydrogen-bond donors (Lipinski definition) is 2. The van der Waals surface area contributed by atoms with Gasteiger partial charge >= 0.3 is 11.9 Å². The molecule has 8 heteroatoms. The highest BCUT2D eigenvalue weighted by Gasteiger charge is 2.29. The second-order valence-corrected chi connectivity index (χ2v) is 6.37. The number of esters is 2. The van der Waals surface area contributed by atoms with Gasteiger partial charge in [0.05, 0.1) is 26.4 Å². The van der Waals surface area contributed by atoms with Gasteiger partial charge in [-0.1, -0.05) is 60.7 Å². The van der Waals surface area contributed by atoms with Gasteiger partial charge in [-0.05, 0) is 11.1 Å². The molecule has 0 aromatic heterocycles. The number of aliphatic hydroxyl groups excluding tert-OH is 2. The lowest BCUT2D eigenvalue weighted by atomic mass is 10.2. The van der Waals surface area contributed by atoms with Gasteiger partial charge in [0.25, 0.3) is 0 Å². The van der Waals surface area contributed by atoms with Crippen molar-refractivity contribution in [3.05, 3.63) is 71.8 Å². The Morgan fingerprint density at radius 3 is 1.37 bits per heavy atom. The van der Waals surface area contributed by atoms with E-state index in [0.717, 1.165) is 11.1 Å². The van der Waals surface area contributed by atoms with E-state index in [0.29, 0.717) is 0 Å². The molecule has 8 nitrogen and oxygen atoms in total. The van der Waals surface area contributed by atoms with E-state index in [1.54, 1.807) is 0 Å². The summed E-state index contributed by atoms with van der Waals surface area (Å²) in [6, 6.07) is 18.7. The third-order valence-corrected chi connectivity index (χ3v) is 4.03. The number of carbonyl (C=O) groups is 2. The molecule has 0 unspecified atom stereocenters. The molecule has 0 radical (unpaired) electrons. The number of aliphatic hydroxyl groups is 2. The largest absolute Gasteiger partial charge is 0.454 e. The maximum atomic E-state index is 11.7. The van der Waals surface area contributed by atoms with Gasteiger partial charge in [-0.2, -0.15) is 0 Å². The Bertz CT molecular complexity index is 685. The van der Waals surface area contributed by atoms with Crippen LogP contribution in [-0.2, 0) is 41.8 Å². The van der Waals surface area contributed by atoms with E-state index in [9.17, 15) is 9.59 Å². The van der Waals surface area contributed by atoms with E-state index in [4.69, 9.17) is 29.2 Å². The predicted octanol–water partition coefficient (Wildman–Crippen LogP) is 1.23. The second kappa shape index (κ2) is 13.4. The maximum Gasteiger partial charge on any atom is 0.332 e. The van der Waals surface area contributed by atoms with Crippen LogP contribution in [0.5, 0.6) is 0 Å². The third-order valence-electron chi connectivity index (χ3n) is 4.03. The van der Waals surface area contributed by atoms with Crippen LogP contribution in [0.4, 0.5) is 0 Å². The maximum absolute atomic E-state index is 11.7. The van der Waals surface area contributed by atoms with E-state index >= 15 is 0 Å². The van der Waals surface area contributed by atoms with Crippen molar-refractivity contribution in [1.82, 2.24) is 0 Å². The summed E-state index contributed by atoms with van der Waals surface area (Å²) in [5.41, 5.74) is 1.82. The molecular weight excluding hydrogens is 392 g/mol. The molecule has 0 heterocycles. The van der Waals surface area contributed by atoms with Gasteiger partial charge in [0.1, 0.15) is 13.2 Å². The van der Waals surface area contributed by atoms with Crippen LogP contribution in [0.2, 0.25) is 0 Å². The smallest absolute Gasteiger partial charge is 0.332 e. The quantitative estimate of drug-likeness (QED) is 0.467. The van der Waals surface area contributed by atoms with Crippen LogP contribution in [0.15, 0.2) is 60.7 Å². The van der Waals surface area contributed by atoms with Crippen molar-refractivity contribution in [2.75, 3.05) is 26.4 Å². The molecule has 0 aliphatic carbocycles.